The lowest BCUT2D eigenvalue weighted by Crippen LogP contribution is -2.13. The molecule has 3 rings (SSSR count). The molecule has 0 aromatic heterocycles. The van der Waals surface area contributed by atoms with Gasteiger partial charge in [-0.3, -0.25) is 0 Å². The van der Waals surface area contributed by atoms with Crippen LogP contribution >= 0.6 is 12.2 Å². The summed E-state index contributed by atoms with van der Waals surface area (Å²) in [5.74, 6) is 0.707. The third-order valence-electron chi connectivity index (χ3n) is 3.46. The van der Waals surface area contributed by atoms with Gasteiger partial charge in [-0.1, -0.05) is 30.4 Å². The Hall–Kier alpha value is -2.14. The zero-order valence-corrected chi connectivity index (χ0v) is 12.0. The van der Waals surface area contributed by atoms with Gasteiger partial charge in [0, 0.05) is 11.1 Å². The molecule has 0 amide bonds. The standard InChI is InChI=1S/C16H14FNO2S/c17-13-7-10(16(18)21)5-6-15(13)20-9-11-8-19-14-4-2-1-3-12(11)14/h1-7,11H,8-9H2,(H2,18,21). The largest absolute Gasteiger partial charge is 0.493 e. The number of thiocarbonyl (C=S) groups is 1. The molecule has 1 atom stereocenters. The second-order valence-electron chi connectivity index (χ2n) is 4.87. The summed E-state index contributed by atoms with van der Waals surface area (Å²) in [6.07, 6.45) is 0. The SMILES string of the molecule is NC(=S)c1ccc(OCC2COc3ccccc32)c(F)c1. The molecular weight excluding hydrogens is 289 g/mol. The molecule has 3 nitrogen and oxygen atoms in total. The maximum Gasteiger partial charge on any atom is 0.165 e. The predicted octanol–water partition coefficient (Wildman–Crippen LogP) is 3.01. The van der Waals surface area contributed by atoms with Crippen molar-refractivity contribution in [3.8, 4) is 11.5 Å². The summed E-state index contributed by atoms with van der Waals surface area (Å²) in [6.45, 7) is 0.909. The van der Waals surface area contributed by atoms with Crippen molar-refractivity contribution in [1.82, 2.24) is 0 Å². The Morgan fingerprint density at radius 1 is 1.33 bits per heavy atom. The summed E-state index contributed by atoms with van der Waals surface area (Å²) < 4.78 is 25.1. The summed E-state index contributed by atoms with van der Waals surface area (Å²) in [6, 6.07) is 12.3. The predicted molar refractivity (Wildman–Crippen MR) is 82.5 cm³/mol. The van der Waals surface area contributed by atoms with Crippen molar-refractivity contribution in [2.75, 3.05) is 13.2 Å². The molecule has 0 radical (unpaired) electrons. The fourth-order valence-electron chi connectivity index (χ4n) is 2.33. The average Bonchev–Trinajstić information content (AvgIpc) is 2.89. The average molecular weight is 303 g/mol. The van der Waals surface area contributed by atoms with Crippen LogP contribution in [0.25, 0.3) is 0 Å². The molecule has 2 N–H and O–H groups in total. The third-order valence-corrected chi connectivity index (χ3v) is 3.69. The number of rotatable bonds is 4. The lowest BCUT2D eigenvalue weighted by atomic mass is 10.0. The number of para-hydroxylation sites is 1. The van der Waals surface area contributed by atoms with Crippen LogP contribution < -0.4 is 15.2 Å². The highest BCUT2D eigenvalue weighted by Gasteiger charge is 2.24. The van der Waals surface area contributed by atoms with Gasteiger partial charge in [-0.15, -0.1) is 0 Å². The Kier molecular flexibility index (Phi) is 3.75. The molecule has 108 valence electrons. The second-order valence-corrected chi connectivity index (χ2v) is 5.31. The minimum absolute atomic E-state index is 0.107. The quantitative estimate of drug-likeness (QED) is 0.882. The summed E-state index contributed by atoms with van der Waals surface area (Å²) in [5.41, 5.74) is 7.05. The number of nitrogens with two attached hydrogens (primary N) is 1. The lowest BCUT2D eigenvalue weighted by molar-refractivity contribution is 0.241. The van der Waals surface area contributed by atoms with E-state index in [1.807, 2.05) is 24.3 Å². The summed E-state index contributed by atoms with van der Waals surface area (Å²) >= 11 is 4.81. The van der Waals surface area contributed by atoms with Crippen molar-refractivity contribution < 1.29 is 13.9 Å². The molecule has 1 unspecified atom stereocenters. The number of halogens is 1. The van der Waals surface area contributed by atoms with E-state index in [0.717, 1.165) is 11.3 Å². The zero-order chi connectivity index (χ0) is 14.8. The first-order valence-electron chi connectivity index (χ1n) is 6.59. The van der Waals surface area contributed by atoms with Crippen LogP contribution in [-0.2, 0) is 0 Å². The van der Waals surface area contributed by atoms with E-state index in [2.05, 4.69) is 0 Å². The van der Waals surface area contributed by atoms with E-state index in [1.54, 1.807) is 12.1 Å². The van der Waals surface area contributed by atoms with Gasteiger partial charge in [0.15, 0.2) is 11.6 Å². The van der Waals surface area contributed by atoms with Gasteiger partial charge in [-0.25, -0.2) is 4.39 Å². The van der Waals surface area contributed by atoms with Crippen molar-refractivity contribution in [3.63, 3.8) is 0 Å². The monoisotopic (exact) mass is 303 g/mol. The Balaban J connectivity index is 1.70. The van der Waals surface area contributed by atoms with E-state index in [-0.39, 0.29) is 16.7 Å². The van der Waals surface area contributed by atoms with Crippen LogP contribution in [0.4, 0.5) is 4.39 Å². The number of fused-ring (bicyclic) bond motifs is 1. The topological polar surface area (TPSA) is 44.5 Å². The van der Waals surface area contributed by atoms with Crippen LogP contribution in [0.1, 0.15) is 17.0 Å². The van der Waals surface area contributed by atoms with Crippen molar-refractivity contribution in [2.24, 2.45) is 5.73 Å². The van der Waals surface area contributed by atoms with Crippen LogP contribution in [0.3, 0.4) is 0 Å². The zero-order valence-electron chi connectivity index (χ0n) is 11.2. The molecule has 0 fully saturated rings. The fourth-order valence-corrected chi connectivity index (χ4v) is 2.46. The lowest BCUT2D eigenvalue weighted by Gasteiger charge is -2.12. The third kappa shape index (κ3) is 2.83. The molecule has 0 saturated carbocycles. The molecule has 2 aromatic carbocycles. The van der Waals surface area contributed by atoms with Gasteiger partial charge < -0.3 is 15.2 Å². The molecule has 0 aliphatic carbocycles. The van der Waals surface area contributed by atoms with Gasteiger partial charge in [0.1, 0.15) is 10.7 Å². The summed E-state index contributed by atoms with van der Waals surface area (Å²) in [5, 5.41) is 0. The van der Waals surface area contributed by atoms with Crippen LogP contribution in [0.5, 0.6) is 11.5 Å². The van der Waals surface area contributed by atoms with E-state index >= 15 is 0 Å². The van der Waals surface area contributed by atoms with Crippen LogP contribution in [0.15, 0.2) is 42.5 Å². The molecule has 1 aliphatic heterocycles. The Labute approximate surface area is 127 Å². The Bertz CT molecular complexity index is 690. The highest BCUT2D eigenvalue weighted by atomic mass is 32.1. The first-order valence-corrected chi connectivity index (χ1v) is 7.00. The number of hydrogen-bond donors (Lipinski definition) is 1. The molecule has 1 heterocycles. The van der Waals surface area contributed by atoms with Gasteiger partial charge >= 0.3 is 0 Å². The number of hydrogen-bond acceptors (Lipinski definition) is 3. The minimum Gasteiger partial charge on any atom is -0.493 e. The number of ether oxygens (including phenoxy) is 2. The normalized spacial score (nSPS) is 16.1. The van der Waals surface area contributed by atoms with Gasteiger partial charge in [0.05, 0.1) is 19.1 Å². The fraction of sp³-hybridized carbons (Fsp3) is 0.188. The van der Waals surface area contributed by atoms with E-state index in [4.69, 9.17) is 27.4 Å². The van der Waals surface area contributed by atoms with Gasteiger partial charge in [-0.2, -0.15) is 0 Å². The van der Waals surface area contributed by atoms with Crippen LogP contribution in [0, 0.1) is 5.82 Å². The molecular formula is C16H14FNO2S. The van der Waals surface area contributed by atoms with Crippen molar-refractivity contribution in [1.29, 1.82) is 0 Å². The van der Waals surface area contributed by atoms with E-state index in [1.165, 1.54) is 6.07 Å². The maximum absolute atomic E-state index is 13.9. The van der Waals surface area contributed by atoms with Gasteiger partial charge in [0.2, 0.25) is 0 Å². The second kappa shape index (κ2) is 5.69. The van der Waals surface area contributed by atoms with Crippen LogP contribution in [0.2, 0.25) is 0 Å². The molecule has 21 heavy (non-hydrogen) atoms. The van der Waals surface area contributed by atoms with Crippen molar-refractivity contribution in [3.05, 3.63) is 59.4 Å². The smallest absolute Gasteiger partial charge is 0.165 e. The number of benzene rings is 2. The Morgan fingerprint density at radius 2 is 2.14 bits per heavy atom. The minimum atomic E-state index is -0.465. The van der Waals surface area contributed by atoms with Crippen molar-refractivity contribution >= 4 is 17.2 Å². The summed E-state index contributed by atoms with van der Waals surface area (Å²) in [7, 11) is 0. The van der Waals surface area contributed by atoms with Gasteiger partial charge in [0.25, 0.3) is 0 Å². The maximum atomic E-state index is 13.9. The van der Waals surface area contributed by atoms with E-state index < -0.39 is 5.82 Å². The Morgan fingerprint density at radius 3 is 2.90 bits per heavy atom. The first-order chi connectivity index (χ1) is 10.1. The highest BCUT2D eigenvalue weighted by molar-refractivity contribution is 7.80. The molecule has 0 saturated heterocycles. The first kappa shape index (κ1) is 13.8. The highest BCUT2D eigenvalue weighted by Crippen LogP contribution is 2.34. The van der Waals surface area contributed by atoms with E-state index in [0.29, 0.717) is 18.8 Å². The molecule has 5 heteroatoms. The van der Waals surface area contributed by atoms with Crippen molar-refractivity contribution in [2.45, 2.75) is 5.92 Å². The van der Waals surface area contributed by atoms with E-state index in [9.17, 15) is 4.39 Å². The van der Waals surface area contributed by atoms with Gasteiger partial charge in [-0.05, 0) is 24.3 Å². The molecule has 1 aliphatic rings. The summed E-state index contributed by atoms with van der Waals surface area (Å²) in [4.78, 5) is 0.165. The molecule has 0 bridgehead atoms. The van der Waals surface area contributed by atoms with Crippen LogP contribution in [-0.4, -0.2) is 18.2 Å². The molecule has 0 spiro atoms. The molecule has 2 aromatic rings.